The van der Waals surface area contributed by atoms with E-state index in [1.807, 2.05) is 26.0 Å². The summed E-state index contributed by atoms with van der Waals surface area (Å²) in [6.07, 6.45) is 4.20. The van der Waals surface area contributed by atoms with E-state index in [2.05, 4.69) is 15.3 Å². The molecular weight excluding hydrogens is 318 g/mol. The number of ketones is 1. The molecule has 0 radical (unpaired) electrons. The molecule has 6 heteroatoms. The highest BCUT2D eigenvalue weighted by atomic mass is 16.6. The summed E-state index contributed by atoms with van der Waals surface area (Å²) in [5, 5.41) is 2.59. The maximum atomic E-state index is 12.8. The number of nitrogens with zero attached hydrogens (tertiary/aromatic N) is 2. The van der Waals surface area contributed by atoms with Crippen LogP contribution in [0.3, 0.4) is 0 Å². The van der Waals surface area contributed by atoms with Crippen molar-refractivity contribution in [3.63, 3.8) is 0 Å². The summed E-state index contributed by atoms with van der Waals surface area (Å²) in [6.45, 7) is 9.05. The van der Waals surface area contributed by atoms with Crippen molar-refractivity contribution in [3.8, 4) is 0 Å². The van der Waals surface area contributed by atoms with Gasteiger partial charge in [-0.05, 0) is 64.4 Å². The summed E-state index contributed by atoms with van der Waals surface area (Å²) in [5.41, 5.74) is 0.354. The van der Waals surface area contributed by atoms with Crippen LogP contribution in [-0.4, -0.2) is 27.4 Å². The van der Waals surface area contributed by atoms with Crippen LogP contribution in [0, 0.1) is 0 Å². The molecule has 0 atom stereocenters. The Morgan fingerprint density at radius 2 is 1.64 bits per heavy atom. The van der Waals surface area contributed by atoms with Gasteiger partial charge in [-0.3, -0.25) is 20.1 Å². The number of amides is 1. The fourth-order valence-electron chi connectivity index (χ4n) is 2.24. The van der Waals surface area contributed by atoms with E-state index in [0.717, 1.165) is 5.56 Å². The SMILES string of the molecule is CC(C)(C)OC(=O)Nc1ccc(C(=O)C(C)(C)c2ccncc2)nc1. The molecule has 0 spiro atoms. The van der Waals surface area contributed by atoms with Gasteiger partial charge in [0.15, 0.2) is 5.78 Å². The van der Waals surface area contributed by atoms with Crippen LogP contribution in [0.5, 0.6) is 0 Å². The first-order chi connectivity index (χ1) is 11.6. The maximum absolute atomic E-state index is 12.8. The van der Waals surface area contributed by atoms with E-state index in [-0.39, 0.29) is 5.78 Å². The molecule has 1 amide bonds. The highest BCUT2D eigenvalue weighted by Gasteiger charge is 2.31. The van der Waals surface area contributed by atoms with E-state index in [4.69, 9.17) is 4.74 Å². The van der Waals surface area contributed by atoms with E-state index < -0.39 is 17.1 Å². The first-order valence-electron chi connectivity index (χ1n) is 8.01. The lowest BCUT2D eigenvalue weighted by molar-refractivity contribution is 0.0635. The van der Waals surface area contributed by atoms with Gasteiger partial charge in [0, 0.05) is 12.4 Å². The molecule has 0 bridgehead atoms. The van der Waals surface area contributed by atoms with Crippen LogP contribution in [0.15, 0.2) is 42.9 Å². The van der Waals surface area contributed by atoms with E-state index in [1.165, 1.54) is 6.20 Å². The third-order valence-electron chi connectivity index (χ3n) is 3.61. The van der Waals surface area contributed by atoms with Gasteiger partial charge < -0.3 is 4.74 Å². The largest absolute Gasteiger partial charge is 0.444 e. The lowest BCUT2D eigenvalue weighted by Gasteiger charge is -2.23. The number of pyridine rings is 2. The summed E-state index contributed by atoms with van der Waals surface area (Å²) >= 11 is 0. The van der Waals surface area contributed by atoms with Crippen LogP contribution in [-0.2, 0) is 10.2 Å². The zero-order valence-corrected chi connectivity index (χ0v) is 15.2. The number of carbonyl (C=O) groups is 2. The van der Waals surface area contributed by atoms with Gasteiger partial charge in [-0.15, -0.1) is 0 Å². The molecule has 0 fully saturated rings. The summed E-state index contributed by atoms with van der Waals surface area (Å²) in [4.78, 5) is 32.7. The van der Waals surface area contributed by atoms with Crippen LogP contribution in [0.1, 0.15) is 50.7 Å². The molecular formula is C19H23N3O3. The topological polar surface area (TPSA) is 81.2 Å². The first-order valence-corrected chi connectivity index (χ1v) is 8.01. The minimum absolute atomic E-state index is 0.109. The van der Waals surface area contributed by atoms with E-state index >= 15 is 0 Å². The highest BCUT2D eigenvalue weighted by Crippen LogP contribution is 2.26. The monoisotopic (exact) mass is 341 g/mol. The van der Waals surface area contributed by atoms with E-state index in [0.29, 0.717) is 11.4 Å². The van der Waals surface area contributed by atoms with E-state index in [1.54, 1.807) is 45.3 Å². The number of hydrogen-bond acceptors (Lipinski definition) is 5. The predicted octanol–water partition coefficient (Wildman–Crippen LogP) is 3.98. The van der Waals surface area contributed by atoms with Crippen molar-refractivity contribution in [2.75, 3.05) is 5.32 Å². The summed E-state index contributed by atoms with van der Waals surface area (Å²) in [5.74, 6) is -0.109. The van der Waals surface area contributed by atoms with E-state index in [9.17, 15) is 9.59 Å². The number of nitrogens with one attached hydrogen (secondary N) is 1. The van der Waals surface area contributed by atoms with Gasteiger partial charge in [0.25, 0.3) is 0 Å². The van der Waals surface area contributed by atoms with Crippen LogP contribution in [0.4, 0.5) is 10.5 Å². The van der Waals surface area contributed by atoms with Crippen LogP contribution < -0.4 is 5.32 Å². The lowest BCUT2D eigenvalue weighted by atomic mass is 9.80. The Bertz CT molecular complexity index is 748. The Hall–Kier alpha value is -2.76. The second-order valence-electron chi connectivity index (χ2n) is 7.25. The average Bonchev–Trinajstić information content (AvgIpc) is 2.54. The zero-order valence-electron chi connectivity index (χ0n) is 15.2. The van der Waals surface area contributed by atoms with Gasteiger partial charge in [0.1, 0.15) is 11.3 Å². The smallest absolute Gasteiger partial charge is 0.412 e. The summed E-state index contributed by atoms with van der Waals surface area (Å²) in [7, 11) is 0. The Balaban J connectivity index is 2.12. The molecule has 0 aliphatic rings. The van der Waals surface area contributed by atoms with Crippen molar-refractivity contribution < 1.29 is 14.3 Å². The standard InChI is InChI=1S/C19H23N3O3/c1-18(2,3)25-17(24)22-14-6-7-15(21-12-14)16(23)19(4,5)13-8-10-20-11-9-13/h6-12H,1-5H3,(H,22,24). The van der Waals surface area contributed by atoms with Gasteiger partial charge in [-0.1, -0.05) is 0 Å². The molecule has 0 aromatic carbocycles. The van der Waals surface area contributed by atoms with Gasteiger partial charge in [0.2, 0.25) is 0 Å². The maximum Gasteiger partial charge on any atom is 0.412 e. The summed E-state index contributed by atoms with van der Waals surface area (Å²) < 4.78 is 5.18. The number of ether oxygens (including phenoxy) is 1. The van der Waals surface area contributed by atoms with Crippen molar-refractivity contribution in [2.45, 2.75) is 45.6 Å². The Morgan fingerprint density at radius 3 is 2.16 bits per heavy atom. The molecule has 25 heavy (non-hydrogen) atoms. The summed E-state index contributed by atoms with van der Waals surface area (Å²) in [6, 6.07) is 6.86. The number of Topliss-reactive ketones (excluding diaryl/α,β-unsaturated/α-hetero) is 1. The lowest BCUT2D eigenvalue weighted by Crippen LogP contribution is -2.30. The predicted molar refractivity (Wildman–Crippen MR) is 95.7 cm³/mol. The molecule has 1 N–H and O–H groups in total. The number of aromatic nitrogens is 2. The molecule has 0 saturated carbocycles. The fourth-order valence-corrected chi connectivity index (χ4v) is 2.24. The molecule has 2 aromatic heterocycles. The minimum atomic E-state index is -0.726. The highest BCUT2D eigenvalue weighted by molar-refractivity contribution is 6.02. The Morgan fingerprint density at radius 1 is 1.00 bits per heavy atom. The molecule has 0 aliphatic carbocycles. The molecule has 2 rings (SSSR count). The first kappa shape index (κ1) is 18.6. The number of rotatable bonds is 4. The van der Waals surface area contributed by atoms with Gasteiger partial charge >= 0.3 is 6.09 Å². The zero-order chi connectivity index (χ0) is 18.7. The van der Waals surface area contributed by atoms with Crippen molar-refractivity contribution in [1.29, 1.82) is 0 Å². The molecule has 0 saturated heterocycles. The number of anilines is 1. The third kappa shape index (κ3) is 4.86. The molecule has 0 unspecified atom stereocenters. The Labute approximate surface area is 147 Å². The second kappa shape index (κ2) is 7.01. The normalized spacial score (nSPS) is 11.7. The fraction of sp³-hybridized carbons (Fsp3) is 0.368. The average molecular weight is 341 g/mol. The number of hydrogen-bond donors (Lipinski definition) is 1. The van der Waals surface area contributed by atoms with Crippen LogP contribution in [0.2, 0.25) is 0 Å². The number of carbonyl (C=O) groups excluding carboxylic acids is 2. The Kier molecular flexibility index (Phi) is 5.21. The van der Waals surface area contributed by atoms with Gasteiger partial charge in [-0.2, -0.15) is 0 Å². The van der Waals surface area contributed by atoms with Crippen LogP contribution in [0.25, 0.3) is 0 Å². The molecule has 2 aromatic rings. The van der Waals surface area contributed by atoms with Crippen molar-refractivity contribution in [2.24, 2.45) is 0 Å². The van der Waals surface area contributed by atoms with Crippen molar-refractivity contribution in [1.82, 2.24) is 9.97 Å². The van der Waals surface area contributed by atoms with Crippen LogP contribution >= 0.6 is 0 Å². The van der Waals surface area contributed by atoms with Gasteiger partial charge in [-0.25, -0.2) is 4.79 Å². The van der Waals surface area contributed by atoms with Gasteiger partial charge in [0.05, 0.1) is 17.3 Å². The quantitative estimate of drug-likeness (QED) is 0.851. The van der Waals surface area contributed by atoms with Crippen molar-refractivity contribution in [3.05, 3.63) is 54.1 Å². The molecule has 2 heterocycles. The second-order valence-corrected chi connectivity index (χ2v) is 7.25. The molecule has 6 nitrogen and oxygen atoms in total. The van der Waals surface area contributed by atoms with Crippen molar-refractivity contribution >= 4 is 17.6 Å². The molecule has 132 valence electrons. The molecule has 0 aliphatic heterocycles. The minimum Gasteiger partial charge on any atom is -0.444 e. The third-order valence-corrected chi connectivity index (χ3v) is 3.61.